The summed E-state index contributed by atoms with van der Waals surface area (Å²) in [5.74, 6) is 1.49. The van der Waals surface area contributed by atoms with Gasteiger partial charge in [-0.2, -0.15) is 0 Å². The first kappa shape index (κ1) is 15.4. The average Bonchev–Trinajstić information content (AvgIpc) is 3.33. The summed E-state index contributed by atoms with van der Waals surface area (Å²) in [5, 5.41) is 6.80. The fraction of sp³-hybridized carbons (Fsp3) is 0.316. The minimum atomic E-state index is 0.532. The number of aromatic nitrogens is 2. The van der Waals surface area contributed by atoms with Crippen LogP contribution in [0.4, 0.5) is 0 Å². The van der Waals surface area contributed by atoms with Gasteiger partial charge in [-0.25, -0.2) is 4.98 Å². The number of hydrogen-bond donors (Lipinski definition) is 1. The Bertz CT molecular complexity index is 758. The summed E-state index contributed by atoms with van der Waals surface area (Å²) >= 11 is 1.77. The van der Waals surface area contributed by atoms with Crippen molar-refractivity contribution >= 4 is 11.3 Å². The molecule has 3 heterocycles. The highest BCUT2D eigenvalue weighted by Gasteiger charge is 2.18. The van der Waals surface area contributed by atoms with E-state index >= 15 is 0 Å². The second kappa shape index (κ2) is 7.20. The largest absolute Gasteiger partial charge is 0.487 e. The van der Waals surface area contributed by atoms with Gasteiger partial charge in [0.2, 0.25) is 0 Å². The zero-order chi connectivity index (χ0) is 16.2. The lowest BCUT2D eigenvalue weighted by atomic mass is 9.99. The van der Waals surface area contributed by atoms with Crippen LogP contribution >= 0.6 is 11.3 Å². The summed E-state index contributed by atoms with van der Waals surface area (Å²) in [7, 11) is 0. The molecule has 0 atom stereocenters. The molecule has 0 amide bonds. The molecule has 0 bridgehead atoms. The number of nitrogens with zero attached hydrogens (tertiary/aromatic N) is 2. The second-order valence-corrected chi connectivity index (χ2v) is 6.96. The Hall–Kier alpha value is -2.11. The van der Waals surface area contributed by atoms with Crippen LogP contribution in [-0.2, 0) is 6.61 Å². The molecule has 3 aromatic rings. The lowest BCUT2D eigenvalue weighted by Crippen LogP contribution is -2.26. The topological polar surface area (TPSA) is 39.1 Å². The first-order valence-electron chi connectivity index (χ1n) is 8.40. The van der Waals surface area contributed by atoms with Gasteiger partial charge in [0.15, 0.2) is 0 Å². The van der Waals surface area contributed by atoms with Gasteiger partial charge in [-0.15, -0.1) is 11.3 Å². The Labute approximate surface area is 146 Å². The molecule has 0 aliphatic carbocycles. The number of rotatable bonds is 5. The highest BCUT2D eigenvalue weighted by molar-refractivity contribution is 7.09. The maximum atomic E-state index is 5.89. The average molecular weight is 339 g/mol. The Kier molecular flexibility index (Phi) is 4.62. The first-order valence-corrected chi connectivity index (χ1v) is 9.28. The molecular formula is C19H21N3OS. The standard InChI is InChI=1S/C19H21N3OS/c1-2-12-22(11-1)17-3-5-18(6-4-17)23-13-16-14-24-19(21-16)15-7-9-20-10-8-15/h1-6,11-12,14-15,20H,7-10,13H2. The third-order valence-corrected chi connectivity index (χ3v) is 5.44. The predicted octanol–water partition coefficient (Wildman–Crippen LogP) is 3.98. The Morgan fingerprint density at radius 3 is 2.62 bits per heavy atom. The third-order valence-electron chi connectivity index (χ3n) is 4.38. The van der Waals surface area contributed by atoms with Crippen molar-refractivity contribution in [2.45, 2.75) is 25.4 Å². The normalized spacial score (nSPS) is 15.5. The maximum absolute atomic E-state index is 5.89. The quantitative estimate of drug-likeness (QED) is 0.764. The first-order chi connectivity index (χ1) is 11.9. The fourth-order valence-electron chi connectivity index (χ4n) is 3.02. The van der Waals surface area contributed by atoms with Crippen LogP contribution in [0.3, 0.4) is 0 Å². The van der Waals surface area contributed by atoms with Crippen molar-refractivity contribution in [2.75, 3.05) is 13.1 Å². The van der Waals surface area contributed by atoms with Gasteiger partial charge in [-0.3, -0.25) is 0 Å². The molecule has 1 fully saturated rings. The molecular weight excluding hydrogens is 318 g/mol. The van der Waals surface area contributed by atoms with Crippen molar-refractivity contribution in [3.8, 4) is 11.4 Å². The zero-order valence-electron chi connectivity index (χ0n) is 13.5. The van der Waals surface area contributed by atoms with Crippen LogP contribution in [0.25, 0.3) is 5.69 Å². The highest BCUT2D eigenvalue weighted by atomic mass is 32.1. The third kappa shape index (κ3) is 3.52. The number of piperidine rings is 1. The lowest BCUT2D eigenvalue weighted by Gasteiger charge is -2.20. The van der Waals surface area contributed by atoms with Gasteiger partial charge in [-0.05, 0) is 62.3 Å². The Morgan fingerprint density at radius 1 is 1.12 bits per heavy atom. The van der Waals surface area contributed by atoms with Crippen LogP contribution in [0.15, 0.2) is 54.2 Å². The molecule has 1 aromatic carbocycles. The molecule has 1 aliphatic heterocycles. The summed E-state index contributed by atoms with van der Waals surface area (Å²) in [5.41, 5.74) is 2.16. The van der Waals surface area contributed by atoms with E-state index in [9.17, 15) is 0 Å². The minimum Gasteiger partial charge on any atom is -0.487 e. The molecule has 1 saturated heterocycles. The van der Waals surface area contributed by atoms with Gasteiger partial charge in [0.1, 0.15) is 12.4 Å². The summed E-state index contributed by atoms with van der Waals surface area (Å²) < 4.78 is 7.97. The molecule has 0 saturated carbocycles. The number of thiazole rings is 1. The van der Waals surface area contributed by atoms with E-state index in [-0.39, 0.29) is 0 Å². The van der Waals surface area contributed by atoms with Crippen molar-refractivity contribution in [3.63, 3.8) is 0 Å². The van der Waals surface area contributed by atoms with E-state index in [0.29, 0.717) is 12.5 Å². The molecule has 4 nitrogen and oxygen atoms in total. The van der Waals surface area contributed by atoms with E-state index in [0.717, 1.165) is 30.2 Å². The van der Waals surface area contributed by atoms with Crippen molar-refractivity contribution in [3.05, 3.63) is 64.9 Å². The molecule has 2 aromatic heterocycles. The van der Waals surface area contributed by atoms with Crippen LogP contribution < -0.4 is 10.1 Å². The molecule has 1 N–H and O–H groups in total. The van der Waals surface area contributed by atoms with Gasteiger partial charge in [0, 0.05) is 29.4 Å². The van der Waals surface area contributed by atoms with Gasteiger partial charge < -0.3 is 14.6 Å². The molecule has 24 heavy (non-hydrogen) atoms. The summed E-state index contributed by atoms with van der Waals surface area (Å²) in [6.45, 7) is 2.73. The maximum Gasteiger partial charge on any atom is 0.131 e. The van der Waals surface area contributed by atoms with Crippen LogP contribution in [0, 0.1) is 0 Å². The summed E-state index contributed by atoms with van der Waals surface area (Å²) in [6, 6.07) is 12.2. The number of benzene rings is 1. The van der Waals surface area contributed by atoms with E-state index in [2.05, 4.69) is 27.4 Å². The van der Waals surface area contributed by atoms with Crippen molar-refractivity contribution in [1.29, 1.82) is 0 Å². The van der Waals surface area contributed by atoms with Crippen molar-refractivity contribution in [1.82, 2.24) is 14.9 Å². The second-order valence-electron chi connectivity index (χ2n) is 6.07. The monoisotopic (exact) mass is 339 g/mol. The van der Waals surface area contributed by atoms with Gasteiger partial charge in [-0.1, -0.05) is 0 Å². The van der Waals surface area contributed by atoms with E-state index in [1.165, 1.54) is 17.8 Å². The SMILES string of the molecule is c1ccn(-c2ccc(OCc3csc(C4CCNCC4)n3)cc2)c1. The predicted molar refractivity (Wildman–Crippen MR) is 97.1 cm³/mol. The van der Waals surface area contributed by atoms with Crippen LogP contribution in [0.2, 0.25) is 0 Å². The number of ether oxygens (including phenoxy) is 1. The number of hydrogen-bond acceptors (Lipinski definition) is 4. The Morgan fingerprint density at radius 2 is 1.88 bits per heavy atom. The van der Waals surface area contributed by atoms with E-state index in [1.54, 1.807) is 11.3 Å². The zero-order valence-corrected chi connectivity index (χ0v) is 14.3. The van der Waals surface area contributed by atoms with E-state index in [4.69, 9.17) is 9.72 Å². The van der Waals surface area contributed by atoms with Crippen LogP contribution in [0.5, 0.6) is 5.75 Å². The summed E-state index contributed by atoms with van der Waals surface area (Å²) in [6.07, 6.45) is 6.45. The Balaban J connectivity index is 1.36. The van der Waals surface area contributed by atoms with Gasteiger partial charge >= 0.3 is 0 Å². The molecule has 5 heteroatoms. The smallest absolute Gasteiger partial charge is 0.131 e. The van der Waals surface area contributed by atoms with Gasteiger partial charge in [0.25, 0.3) is 0 Å². The number of nitrogens with one attached hydrogen (secondary N) is 1. The molecule has 4 rings (SSSR count). The molecule has 0 radical (unpaired) electrons. The highest BCUT2D eigenvalue weighted by Crippen LogP contribution is 2.28. The van der Waals surface area contributed by atoms with Crippen molar-refractivity contribution < 1.29 is 4.74 Å². The van der Waals surface area contributed by atoms with Gasteiger partial charge in [0.05, 0.1) is 10.7 Å². The lowest BCUT2D eigenvalue weighted by molar-refractivity contribution is 0.301. The molecule has 0 spiro atoms. The fourth-order valence-corrected chi connectivity index (χ4v) is 4.00. The molecule has 0 unspecified atom stereocenters. The van der Waals surface area contributed by atoms with Crippen LogP contribution in [0.1, 0.15) is 29.5 Å². The van der Waals surface area contributed by atoms with E-state index < -0.39 is 0 Å². The summed E-state index contributed by atoms with van der Waals surface area (Å²) in [4.78, 5) is 4.77. The molecule has 1 aliphatic rings. The minimum absolute atomic E-state index is 0.532. The van der Waals surface area contributed by atoms with Crippen molar-refractivity contribution in [2.24, 2.45) is 0 Å². The van der Waals surface area contributed by atoms with E-state index in [1.807, 2.05) is 36.7 Å². The van der Waals surface area contributed by atoms with Crippen LogP contribution in [-0.4, -0.2) is 22.6 Å². The molecule has 124 valence electrons.